The molecule has 1 saturated carbocycles. The predicted octanol–water partition coefficient (Wildman–Crippen LogP) is 3.89. The molecule has 4 rings (SSSR count). The van der Waals surface area contributed by atoms with Crippen LogP contribution in [-0.4, -0.2) is 37.6 Å². The summed E-state index contributed by atoms with van der Waals surface area (Å²) in [5, 5.41) is 23.2. The molecule has 6 nitrogen and oxygen atoms in total. The number of rotatable bonds is 7. The Morgan fingerprint density at radius 2 is 1.70 bits per heavy atom. The van der Waals surface area contributed by atoms with E-state index >= 15 is 0 Å². The predicted molar refractivity (Wildman–Crippen MR) is 118 cm³/mol. The van der Waals surface area contributed by atoms with Gasteiger partial charge >= 0.3 is 0 Å². The lowest BCUT2D eigenvalue weighted by Gasteiger charge is -2.22. The molecule has 0 spiro atoms. The molecule has 0 unspecified atom stereocenters. The van der Waals surface area contributed by atoms with E-state index in [0.29, 0.717) is 11.0 Å². The number of carbonyl (C=O) groups excluding carboxylic acids is 1. The fourth-order valence-corrected chi connectivity index (χ4v) is 4.57. The highest BCUT2D eigenvalue weighted by atomic mass is 32.2. The molecule has 30 heavy (non-hydrogen) atoms. The number of amides is 1. The number of carbonyl (C=O) groups is 1. The first-order chi connectivity index (χ1) is 14.7. The van der Waals surface area contributed by atoms with E-state index in [1.165, 1.54) is 31.0 Å². The summed E-state index contributed by atoms with van der Waals surface area (Å²) in [7, 11) is 0. The second-order valence-electron chi connectivity index (χ2n) is 7.52. The fraction of sp³-hybridized carbons (Fsp3) is 0.348. The van der Waals surface area contributed by atoms with Crippen molar-refractivity contribution < 1.29 is 9.90 Å². The number of nitrogens with one attached hydrogen (secondary N) is 1. The normalized spacial score (nSPS) is 15.6. The van der Waals surface area contributed by atoms with Crippen LogP contribution in [0.3, 0.4) is 0 Å². The summed E-state index contributed by atoms with van der Waals surface area (Å²) in [6, 6.07) is 19.4. The average Bonchev–Trinajstić information content (AvgIpc) is 3.23. The number of benzene rings is 2. The number of aromatic nitrogens is 3. The van der Waals surface area contributed by atoms with E-state index in [2.05, 4.69) is 15.5 Å². The summed E-state index contributed by atoms with van der Waals surface area (Å²) in [5.74, 6) is 0.713. The second kappa shape index (κ2) is 9.91. The van der Waals surface area contributed by atoms with Crippen LogP contribution in [-0.2, 0) is 4.79 Å². The Bertz CT molecular complexity index is 956. The molecule has 0 aliphatic heterocycles. The number of nitrogens with zero attached hydrogens (tertiary/aromatic N) is 3. The maximum Gasteiger partial charge on any atom is 0.230 e. The van der Waals surface area contributed by atoms with E-state index in [-0.39, 0.29) is 17.7 Å². The first-order valence-electron chi connectivity index (χ1n) is 10.4. The molecule has 1 fully saturated rings. The molecular weight excluding hydrogens is 396 g/mol. The van der Waals surface area contributed by atoms with Crippen LogP contribution in [0.4, 0.5) is 0 Å². The Hall–Kier alpha value is -2.64. The molecule has 1 amide bonds. The van der Waals surface area contributed by atoms with Gasteiger partial charge in [0.05, 0.1) is 5.75 Å². The number of aliphatic hydroxyl groups excluding tert-OH is 1. The molecule has 0 radical (unpaired) electrons. The lowest BCUT2D eigenvalue weighted by atomic mass is 9.95. The molecule has 1 atom stereocenters. The van der Waals surface area contributed by atoms with Crippen molar-refractivity contribution in [3.63, 3.8) is 0 Å². The topological polar surface area (TPSA) is 80.0 Å². The number of aliphatic hydroxyl groups is 1. The van der Waals surface area contributed by atoms with E-state index in [1.807, 2.05) is 65.2 Å². The summed E-state index contributed by atoms with van der Waals surface area (Å²) in [6.45, 7) is 0. The maximum atomic E-state index is 12.5. The van der Waals surface area contributed by atoms with E-state index in [9.17, 15) is 9.90 Å². The van der Waals surface area contributed by atoms with E-state index in [0.717, 1.165) is 24.1 Å². The van der Waals surface area contributed by atoms with Gasteiger partial charge in [-0.1, -0.05) is 79.6 Å². The van der Waals surface area contributed by atoms with Crippen LogP contribution >= 0.6 is 11.8 Å². The Morgan fingerprint density at radius 3 is 2.40 bits per heavy atom. The van der Waals surface area contributed by atoms with Gasteiger partial charge in [0, 0.05) is 11.7 Å². The lowest BCUT2D eigenvalue weighted by Crippen LogP contribution is -2.37. The van der Waals surface area contributed by atoms with Crippen molar-refractivity contribution in [3.8, 4) is 5.69 Å². The van der Waals surface area contributed by atoms with Crippen LogP contribution in [0.25, 0.3) is 5.69 Å². The van der Waals surface area contributed by atoms with Crippen molar-refractivity contribution in [2.45, 2.75) is 49.4 Å². The molecule has 1 aromatic heterocycles. The zero-order chi connectivity index (χ0) is 20.8. The highest BCUT2D eigenvalue weighted by molar-refractivity contribution is 7.99. The molecule has 156 valence electrons. The minimum atomic E-state index is -0.913. The van der Waals surface area contributed by atoms with Crippen molar-refractivity contribution >= 4 is 17.7 Å². The highest BCUT2D eigenvalue weighted by Gasteiger charge is 2.23. The van der Waals surface area contributed by atoms with Crippen molar-refractivity contribution in [1.82, 2.24) is 20.1 Å². The molecular formula is C23H26N4O2S. The Kier molecular flexibility index (Phi) is 6.81. The molecule has 3 aromatic rings. The third-order valence-electron chi connectivity index (χ3n) is 5.34. The third-order valence-corrected chi connectivity index (χ3v) is 6.26. The van der Waals surface area contributed by atoms with Crippen molar-refractivity contribution in [2.75, 3.05) is 5.75 Å². The number of para-hydroxylation sites is 1. The molecule has 1 aliphatic carbocycles. The lowest BCUT2D eigenvalue weighted by molar-refractivity contribution is -0.119. The van der Waals surface area contributed by atoms with Gasteiger partial charge in [-0.3, -0.25) is 9.36 Å². The summed E-state index contributed by atoms with van der Waals surface area (Å²) in [6.07, 6.45) is 4.83. The van der Waals surface area contributed by atoms with Crippen molar-refractivity contribution in [1.29, 1.82) is 0 Å². The van der Waals surface area contributed by atoms with Crippen LogP contribution in [0.15, 0.2) is 65.8 Å². The molecule has 1 aliphatic rings. The summed E-state index contributed by atoms with van der Waals surface area (Å²) in [4.78, 5) is 12.5. The quantitative estimate of drug-likeness (QED) is 0.565. The molecule has 2 aromatic carbocycles. The van der Waals surface area contributed by atoms with Gasteiger partial charge in [0.1, 0.15) is 6.10 Å². The molecule has 1 heterocycles. The van der Waals surface area contributed by atoms with Crippen LogP contribution in [0.5, 0.6) is 0 Å². The monoisotopic (exact) mass is 422 g/mol. The van der Waals surface area contributed by atoms with E-state index < -0.39 is 6.10 Å². The number of hydrogen-bond donors (Lipinski definition) is 2. The van der Waals surface area contributed by atoms with E-state index in [1.54, 1.807) is 0 Å². The van der Waals surface area contributed by atoms with Gasteiger partial charge in [-0.15, -0.1) is 10.2 Å². The zero-order valence-corrected chi connectivity index (χ0v) is 17.6. The highest BCUT2D eigenvalue weighted by Crippen LogP contribution is 2.28. The smallest absolute Gasteiger partial charge is 0.230 e. The largest absolute Gasteiger partial charge is 0.380 e. The first-order valence-corrected chi connectivity index (χ1v) is 11.4. The van der Waals surface area contributed by atoms with Crippen molar-refractivity contribution in [2.24, 2.45) is 0 Å². The number of hydrogen-bond acceptors (Lipinski definition) is 5. The molecule has 2 N–H and O–H groups in total. The molecule has 0 bridgehead atoms. The minimum Gasteiger partial charge on any atom is -0.380 e. The van der Waals surface area contributed by atoms with E-state index in [4.69, 9.17) is 0 Å². The van der Waals surface area contributed by atoms with Gasteiger partial charge < -0.3 is 10.4 Å². The maximum absolute atomic E-state index is 12.5. The Labute approximate surface area is 180 Å². The van der Waals surface area contributed by atoms with Crippen LogP contribution in [0, 0.1) is 0 Å². The van der Waals surface area contributed by atoms with Gasteiger partial charge in [0.25, 0.3) is 0 Å². The van der Waals surface area contributed by atoms with Gasteiger partial charge in [-0.05, 0) is 30.5 Å². The summed E-state index contributed by atoms with van der Waals surface area (Å²) < 4.78 is 1.83. The zero-order valence-electron chi connectivity index (χ0n) is 16.8. The summed E-state index contributed by atoms with van der Waals surface area (Å²) >= 11 is 1.34. The minimum absolute atomic E-state index is 0.0136. The van der Waals surface area contributed by atoms with Gasteiger partial charge in [-0.2, -0.15) is 0 Å². The van der Waals surface area contributed by atoms with Gasteiger partial charge in [0.15, 0.2) is 11.0 Å². The van der Waals surface area contributed by atoms with Crippen molar-refractivity contribution in [3.05, 3.63) is 72.1 Å². The SMILES string of the molecule is O=C(CSc1nnc([C@@H](O)c2ccccc2)n1-c1ccccc1)NC1CCCCC1. The molecule has 0 saturated heterocycles. The molecule has 7 heteroatoms. The average molecular weight is 423 g/mol. The van der Waals surface area contributed by atoms with Crippen LogP contribution in [0.1, 0.15) is 49.6 Å². The standard InChI is InChI=1S/C23H26N4O2S/c28-20(24-18-12-6-2-7-13-18)16-30-23-26-25-22(21(29)17-10-4-1-5-11-17)27(23)19-14-8-3-9-15-19/h1,3-5,8-11,14-15,18,21,29H,2,6-7,12-13,16H2,(H,24,28)/t21-/m0/s1. The Balaban J connectivity index is 1.54. The first kappa shape index (κ1) is 20.6. The summed E-state index contributed by atoms with van der Waals surface area (Å²) in [5.41, 5.74) is 1.59. The fourth-order valence-electron chi connectivity index (χ4n) is 3.80. The van der Waals surface area contributed by atoms with Crippen LogP contribution < -0.4 is 5.32 Å². The Morgan fingerprint density at radius 1 is 1.03 bits per heavy atom. The van der Waals surface area contributed by atoms with Crippen LogP contribution in [0.2, 0.25) is 0 Å². The van der Waals surface area contributed by atoms with Gasteiger partial charge in [0.2, 0.25) is 5.91 Å². The third kappa shape index (κ3) is 4.91. The number of thioether (sulfide) groups is 1. The second-order valence-corrected chi connectivity index (χ2v) is 8.46. The van der Waals surface area contributed by atoms with Gasteiger partial charge in [-0.25, -0.2) is 0 Å².